The van der Waals surface area contributed by atoms with Crippen molar-refractivity contribution in [1.29, 1.82) is 0 Å². The molecule has 1 fully saturated rings. The van der Waals surface area contributed by atoms with Crippen LogP contribution in [-0.2, 0) is 11.3 Å². The lowest BCUT2D eigenvalue weighted by Crippen LogP contribution is -2.37. The number of rotatable bonds is 9. The van der Waals surface area contributed by atoms with Gasteiger partial charge in [-0.15, -0.1) is 35.3 Å². The Morgan fingerprint density at radius 2 is 1.92 bits per heavy atom. The average Bonchev–Trinajstić information content (AvgIpc) is 2.95. The molecule has 1 heterocycles. The van der Waals surface area contributed by atoms with Gasteiger partial charge in [0.05, 0.1) is 23.4 Å². The molecular weight excluding hydrogens is 459 g/mol. The van der Waals surface area contributed by atoms with Gasteiger partial charge in [0.25, 0.3) is 0 Å². The number of unbranched alkanes of at least 4 members (excludes halogenated alkanes) is 2. The second-order valence-corrected chi connectivity index (χ2v) is 8.07. The molecule has 1 aromatic heterocycles. The molecule has 1 aromatic rings. The topological polar surface area (TPSA) is 58.5 Å². The summed E-state index contributed by atoms with van der Waals surface area (Å²) in [5, 5.41) is 7.88. The molecule has 0 bridgehead atoms. The summed E-state index contributed by atoms with van der Waals surface area (Å²) < 4.78 is 5.97. The van der Waals surface area contributed by atoms with Crippen LogP contribution in [0, 0.1) is 13.8 Å². The number of aromatic nitrogens is 1. The highest BCUT2D eigenvalue weighted by Gasteiger charge is 2.12. The Kier molecular flexibility index (Phi) is 12.5. The molecule has 0 aromatic carbocycles. The van der Waals surface area contributed by atoms with Gasteiger partial charge in [-0.3, -0.25) is 4.99 Å². The number of thiazole rings is 1. The molecule has 0 amide bonds. The van der Waals surface area contributed by atoms with Crippen molar-refractivity contribution in [2.45, 2.75) is 77.9 Å². The smallest absolute Gasteiger partial charge is 0.191 e. The van der Waals surface area contributed by atoms with E-state index in [1.165, 1.54) is 43.4 Å². The first-order valence-corrected chi connectivity index (χ1v) is 10.5. The minimum Gasteiger partial charge on any atom is -0.378 e. The molecule has 7 heteroatoms. The van der Waals surface area contributed by atoms with Crippen LogP contribution in [0.3, 0.4) is 0 Å². The minimum absolute atomic E-state index is 0. The molecule has 5 nitrogen and oxygen atoms in total. The third-order valence-electron chi connectivity index (χ3n) is 4.66. The largest absolute Gasteiger partial charge is 0.378 e. The highest BCUT2D eigenvalue weighted by Crippen LogP contribution is 2.20. The first kappa shape index (κ1) is 23.6. The fraction of sp³-hybridized carbons (Fsp3) is 0.789. The number of halogens is 1. The molecule has 0 atom stereocenters. The van der Waals surface area contributed by atoms with Gasteiger partial charge in [0.15, 0.2) is 5.96 Å². The lowest BCUT2D eigenvalue weighted by Gasteiger charge is -2.21. The van der Waals surface area contributed by atoms with Crippen LogP contribution < -0.4 is 10.6 Å². The number of guanidine groups is 1. The van der Waals surface area contributed by atoms with Crippen molar-refractivity contribution in [3.05, 3.63) is 15.6 Å². The number of aliphatic imine (C=N–C) groups is 1. The van der Waals surface area contributed by atoms with E-state index in [0.717, 1.165) is 49.2 Å². The van der Waals surface area contributed by atoms with E-state index in [0.29, 0.717) is 6.10 Å². The summed E-state index contributed by atoms with van der Waals surface area (Å²) in [7, 11) is 1.82. The van der Waals surface area contributed by atoms with Gasteiger partial charge in [0, 0.05) is 25.1 Å². The van der Waals surface area contributed by atoms with Crippen molar-refractivity contribution in [3.63, 3.8) is 0 Å². The van der Waals surface area contributed by atoms with Crippen LogP contribution in [0.5, 0.6) is 0 Å². The summed E-state index contributed by atoms with van der Waals surface area (Å²) in [4.78, 5) is 10.0. The van der Waals surface area contributed by atoms with E-state index in [4.69, 9.17) is 4.74 Å². The van der Waals surface area contributed by atoms with Crippen LogP contribution in [0.25, 0.3) is 0 Å². The predicted molar refractivity (Wildman–Crippen MR) is 122 cm³/mol. The Hall–Kier alpha value is -0.410. The van der Waals surface area contributed by atoms with Gasteiger partial charge in [-0.1, -0.05) is 19.3 Å². The Balaban J connectivity index is 0.00000338. The minimum atomic E-state index is 0. The first-order chi connectivity index (χ1) is 12.2. The number of nitrogens with one attached hydrogen (secondary N) is 2. The molecule has 150 valence electrons. The van der Waals surface area contributed by atoms with E-state index >= 15 is 0 Å². The summed E-state index contributed by atoms with van der Waals surface area (Å²) >= 11 is 1.75. The summed E-state index contributed by atoms with van der Waals surface area (Å²) in [6.07, 6.45) is 10.7. The van der Waals surface area contributed by atoms with E-state index in [9.17, 15) is 0 Å². The van der Waals surface area contributed by atoms with Gasteiger partial charge in [0.2, 0.25) is 0 Å². The van der Waals surface area contributed by atoms with Gasteiger partial charge in [-0.05, 0) is 46.0 Å². The number of hydrogen-bond donors (Lipinski definition) is 2. The third kappa shape index (κ3) is 8.99. The molecule has 0 saturated heterocycles. The van der Waals surface area contributed by atoms with E-state index in [1.807, 2.05) is 14.0 Å². The van der Waals surface area contributed by atoms with Gasteiger partial charge in [0.1, 0.15) is 0 Å². The molecule has 1 aliphatic carbocycles. The maximum Gasteiger partial charge on any atom is 0.191 e. The van der Waals surface area contributed by atoms with Crippen molar-refractivity contribution in [2.75, 3.05) is 20.2 Å². The molecule has 0 spiro atoms. The predicted octanol–water partition coefficient (Wildman–Crippen LogP) is 4.56. The van der Waals surface area contributed by atoms with Crippen molar-refractivity contribution >= 4 is 41.3 Å². The van der Waals surface area contributed by atoms with Gasteiger partial charge in [-0.25, -0.2) is 4.98 Å². The lowest BCUT2D eigenvalue weighted by molar-refractivity contribution is 0.0264. The zero-order chi connectivity index (χ0) is 17.9. The second-order valence-electron chi connectivity index (χ2n) is 6.79. The first-order valence-electron chi connectivity index (χ1n) is 9.68. The summed E-state index contributed by atoms with van der Waals surface area (Å²) in [5.74, 6) is 0.865. The van der Waals surface area contributed by atoms with Gasteiger partial charge >= 0.3 is 0 Å². The number of ether oxygens (including phenoxy) is 1. The van der Waals surface area contributed by atoms with Gasteiger partial charge < -0.3 is 15.4 Å². The van der Waals surface area contributed by atoms with Crippen molar-refractivity contribution < 1.29 is 4.74 Å². The maximum absolute atomic E-state index is 5.97. The average molecular weight is 494 g/mol. The fourth-order valence-corrected chi connectivity index (χ4v) is 4.09. The third-order valence-corrected chi connectivity index (χ3v) is 5.73. The van der Waals surface area contributed by atoms with Crippen LogP contribution in [-0.4, -0.2) is 37.2 Å². The van der Waals surface area contributed by atoms with Gasteiger partial charge in [-0.2, -0.15) is 0 Å². The molecule has 1 saturated carbocycles. The standard InChI is InChI=1S/C19H34N4OS.HI/c1-15-18(25-16(2)23-15)14-22-19(20-3)21-12-8-5-9-13-24-17-10-6-4-7-11-17;/h17H,4-14H2,1-3H3,(H2,20,21,22);1H. The molecule has 0 radical (unpaired) electrons. The lowest BCUT2D eigenvalue weighted by atomic mass is 9.98. The SMILES string of the molecule is CN=C(NCCCCCOC1CCCCC1)NCc1sc(C)nc1C.I. The van der Waals surface area contributed by atoms with Crippen LogP contribution in [0.4, 0.5) is 0 Å². The molecule has 1 aliphatic rings. The Bertz CT molecular complexity index is 530. The van der Waals surface area contributed by atoms with Crippen LogP contribution in [0.2, 0.25) is 0 Å². The van der Waals surface area contributed by atoms with Crippen LogP contribution in [0.15, 0.2) is 4.99 Å². The number of hydrogen-bond acceptors (Lipinski definition) is 4. The highest BCUT2D eigenvalue weighted by molar-refractivity contribution is 14.0. The van der Waals surface area contributed by atoms with E-state index < -0.39 is 0 Å². The molecule has 26 heavy (non-hydrogen) atoms. The van der Waals surface area contributed by atoms with E-state index in [2.05, 4.69) is 27.5 Å². The highest BCUT2D eigenvalue weighted by atomic mass is 127. The summed E-state index contributed by atoms with van der Waals surface area (Å²) in [5.41, 5.74) is 1.11. The fourth-order valence-electron chi connectivity index (χ4n) is 3.21. The Labute approximate surface area is 179 Å². The van der Waals surface area contributed by atoms with Crippen molar-refractivity contribution in [3.8, 4) is 0 Å². The van der Waals surface area contributed by atoms with Crippen LogP contribution >= 0.6 is 35.3 Å². The molecule has 2 rings (SSSR count). The molecule has 0 unspecified atom stereocenters. The second kappa shape index (κ2) is 13.7. The maximum atomic E-state index is 5.97. The van der Waals surface area contributed by atoms with E-state index in [1.54, 1.807) is 11.3 Å². The molecule has 0 aliphatic heterocycles. The molecular formula is C19H35IN4OS. The summed E-state index contributed by atoms with van der Waals surface area (Å²) in [6, 6.07) is 0. The quantitative estimate of drug-likeness (QED) is 0.229. The molecule has 2 N–H and O–H groups in total. The van der Waals surface area contributed by atoms with Crippen molar-refractivity contribution in [2.24, 2.45) is 4.99 Å². The monoisotopic (exact) mass is 494 g/mol. The number of aryl methyl sites for hydroxylation is 2. The Morgan fingerprint density at radius 1 is 1.15 bits per heavy atom. The zero-order valence-corrected chi connectivity index (χ0v) is 19.6. The normalized spacial score (nSPS) is 15.6. The van der Waals surface area contributed by atoms with E-state index in [-0.39, 0.29) is 24.0 Å². The van der Waals surface area contributed by atoms with Crippen LogP contribution in [0.1, 0.15) is 66.9 Å². The zero-order valence-electron chi connectivity index (χ0n) is 16.5. The Morgan fingerprint density at radius 3 is 2.58 bits per heavy atom. The number of nitrogens with zero attached hydrogens (tertiary/aromatic N) is 2. The van der Waals surface area contributed by atoms with Crippen molar-refractivity contribution in [1.82, 2.24) is 15.6 Å². The summed E-state index contributed by atoms with van der Waals surface area (Å²) in [6.45, 7) is 6.76.